The van der Waals surface area contributed by atoms with E-state index >= 15 is 0 Å². The fourth-order valence-electron chi connectivity index (χ4n) is 0.883. The summed E-state index contributed by atoms with van der Waals surface area (Å²) in [6.07, 6.45) is 1.66. The summed E-state index contributed by atoms with van der Waals surface area (Å²) >= 11 is 5.62. The van der Waals surface area contributed by atoms with Gasteiger partial charge in [0.25, 0.3) is 0 Å². The van der Waals surface area contributed by atoms with Gasteiger partial charge in [-0.2, -0.15) is 0 Å². The van der Waals surface area contributed by atoms with Gasteiger partial charge in [-0.1, -0.05) is 17.7 Å². The largest absolute Gasteiger partial charge is 0.368 e. The number of amides is 1. The van der Waals surface area contributed by atoms with Gasteiger partial charge in [0, 0.05) is 12.7 Å². The highest BCUT2D eigenvalue weighted by molar-refractivity contribution is 6.29. The summed E-state index contributed by atoms with van der Waals surface area (Å²) in [6.45, 7) is 2.26. The molecular weight excluding hydrogens is 202 g/mol. The van der Waals surface area contributed by atoms with E-state index in [0.717, 1.165) is 5.56 Å². The van der Waals surface area contributed by atoms with Crippen LogP contribution in [-0.4, -0.2) is 16.9 Å². The lowest BCUT2D eigenvalue weighted by Crippen LogP contribution is -2.38. The Labute approximate surface area is 87.5 Å². The summed E-state index contributed by atoms with van der Waals surface area (Å²) in [7, 11) is 0. The third kappa shape index (κ3) is 3.32. The van der Waals surface area contributed by atoms with E-state index in [1.807, 2.05) is 6.07 Å². The molecule has 0 aliphatic rings. The van der Waals surface area contributed by atoms with Crippen molar-refractivity contribution in [3.63, 3.8) is 0 Å². The topological polar surface area (TPSA) is 68.0 Å². The molecule has 1 amide bonds. The Morgan fingerprint density at radius 2 is 2.43 bits per heavy atom. The molecule has 0 fully saturated rings. The van der Waals surface area contributed by atoms with Gasteiger partial charge >= 0.3 is 0 Å². The summed E-state index contributed by atoms with van der Waals surface area (Å²) in [6, 6.07) is 3.20. The average molecular weight is 214 g/mol. The van der Waals surface area contributed by atoms with Gasteiger partial charge < -0.3 is 11.1 Å². The zero-order valence-corrected chi connectivity index (χ0v) is 8.58. The number of rotatable bonds is 4. The predicted molar refractivity (Wildman–Crippen MR) is 54.7 cm³/mol. The van der Waals surface area contributed by atoms with E-state index in [-0.39, 0.29) is 11.9 Å². The smallest absolute Gasteiger partial charge is 0.234 e. The molecule has 0 aliphatic heterocycles. The first-order chi connectivity index (χ1) is 6.59. The van der Waals surface area contributed by atoms with Crippen molar-refractivity contribution < 1.29 is 4.79 Å². The SMILES string of the molecule is C[C@H](NCc1ccc(Cl)nc1)C(N)=O. The number of nitrogens with one attached hydrogen (secondary N) is 1. The Balaban J connectivity index is 2.46. The number of aromatic nitrogens is 1. The van der Waals surface area contributed by atoms with Gasteiger partial charge in [-0.25, -0.2) is 4.98 Å². The Hall–Kier alpha value is -1.13. The molecule has 5 heteroatoms. The van der Waals surface area contributed by atoms with E-state index in [1.54, 1.807) is 19.2 Å². The van der Waals surface area contributed by atoms with Crippen molar-refractivity contribution in [2.24, 2.45) is 5.73 Å². The number of halogens is 1. The molecule has 0 saturated carbocycles. The quantitative estimate of drug-likeness (QED) is 0.724. The molecule has 1 aromatic heterocycles. The third-order valence-electron chi connectivity index (χ3n) is 1.83. The number of carbonyl (C=O) groups is 1. The van der Waals surface area contributed by atoms with Crippen LogP contribution < -0.4 is 11.1 Å². The van der Waals surface area contributed by atoms with E-state index in [9.17, 15) is 4.79 Å². The Morgan fingerprint density at radius 3 is 2.93 bits per heavy atom. The van der Waals surface area contributed by atoms with Gasteiger partial charge in [0.1, 0.15) is 5.15 Å². The van der Waals surface area contributed by atoms with Crippen molar-refractivity contribution in [1.82, 2.24) is 10.3 Å². The molecule has 0 radical (unpaired) electrons. The fraction of sp³-hybridized carbons (Fsp3) is 0.333. The van der Waals surface area contributed by atoms with Crippen LogP contribution in [0.15, 0.2) is 18.3 Å². The van der Waals surface area contributed by atoms with Crippen molar-refractivity contribution >= 4 is 17.5 Å². The number of primary amides is 1. The molecule has 4 nitrogen and oxygen atoms in total. The number of pyridine rings is 1. The van der Waals surface area contributed by atoms with Crippen LogP contribution in [0.2, 0.25) is 5.15 Å². The molecule has 1 heterocycles. The molecular formula is C9H12ClN3O. The molecule has 76 valence electrons. The highest BCUT2D eigenvalue weighted by Gasteiger charge is 2.06. The second kappa shape index (κ2) is 4.93. The number of hydrogen-bond donors (Lipinski definition) is 2. The lowest BCUT2D eigenvalue weighted by molar-refractivity contribution is -0.119. The average Bonchev–Trinajstić information content (AvgIpc) is 2.16. The molecule has 0 unspecified atom stereocenters. The lowest BCUT2D eigenvalue weighted by atomic mass is 10.2. The Morgan fingerprint density at radius 1 is 1.71 bits per heavy atom. The van der Waals surface area contributed by atoms with Crippen LogP contribution in [0.3, 0.4) is 0 Å². The van der Waals surface area contributed by atoms with Crippen LogP contribution in [-0.2, 0) is 11.3 Å². The van der Waals surface area contributed by atoms with E-state index in [0.29, 0.717) is 11.7 Å². The number of nitrogens with zero attached hydrogens (tertiary/aromatic N) is 1. The van der Waals surface area contributed by atoms with Crippen LogP contribution in [0.25, 0.3) is 0 Å². The summed E-state index contributed by atoms with van der Waals surface area (Å²) in [5.41, 5.74) is 6.05. The van der Waals surface area contributed by atoms with Crippen molar-refractivity contribution in [2.45, 2.75) is 19.5 Å². The maximum atomic E-state index is 10.7. The fourth-order valence-corrected chi connectivity index (χ4v) is 0.994. The number of nitrogens with two attached hydrogens (primary N) is 1. The van der Waals surface area contributed by atoms with Gasteiger partial charge in [-0.15, -0.1) is 0 Å². The Bertz CT molecular complexity index is 312. The monoisotopic (exact) mass is 213 g/mol. The normalized spacial score (nSPS) is 12.4. The minimum atomic E-state index is -0.369. The number of hydrogen-bond acceptors (Lipinski definition) is 3. The van der Waals surface area contributed by atoms with Gasteiger partial charge in [-0.3, -0.25) is 4.79 Å². The first-order valence-corrected chi connectivity index (χ1v) is 4.60. The zero-order valence-electron chi connectivity index (χ0n) is 7.83. The number of carbonyl (C=O) groups excluding carboxylic acids is 1. The van der Waals surface area contributed by atoms with Crippen LogP contribution in [0.1, 0.15) is 12.5 Å². The molecule has 1 rings (SSSR count). The lowest BCUT2D eigenvalue weighted by Gasteiger charge is -2.09. The Kier molecular flexibility index (Phi) is 3.85. The standard InChI is InChI=1S/C9H12ClN3O/c1-6(9(11)14)12-4-7-2-3-8(10)13-5-7/h2-3,5-6,12H,4H2,1H3,(H2,11,14)/t6-/m0/s1. The highest BCUT2D eigenvalue weighted by atomic mass is 35.5. The molecule has 3 N–H and O–H groups in total. The van der Waals surface area contributed by atoms with Crippen LogP contribution in [0.5, 0.6) is 0 Å². The van der Waals surface area contributed by atoms with Crippen LogP contribution >= 0.6 is 11.6 Å². The van der Waals surface area contributed by atoms with E-state index in [1.165, 1.54) is 0 Å². The molecule has 0 aromatic carbocycles. The van der Waals surface area contributed by atoms with Gasteiger partial charge in [0.15, 0.2) is 0 Å². The molecule has 0 aliphatic carbocycles. The summed E-state index contributed by atoms with van der Waals surface area (Å²) in [5.74, 6) is -0.369. The maximum Gasteiger partial charge on any atom is 0.234 e. The molecule has 14 heavy (non-hydrogen) atoms. The first-order valence-electron chi connectivity index (χ1n) is 4.22. The maximum absolute atomic E-state index is 10.7. The van der Waals surface area contributed by atoms with Gasteiger partial charge in [0.05, 0.1) is 6.04 Å². The van der Waals surface area contributed by atoms with Gasteiger partial charge in [0.2, 0.25) is 5.91 Å². The van der Waals surface area contributed by atoms with Crippen molar-refractivity contribution in [2.75, 3.05) is 0 Å². The van der Waals surface area contributed by atoms with Crippen molar-refractivity contribution in [3.8, 4) is 0 Å². The summed E-state index contributed by atoms with van der Waals surface area (Å²) < 4.78 is 0. The third-order valence-corrected chi connectivity index (χ3v) is 2.05. The molecule has 1 aromatic rings. The van der Waals surface area contributed by atoms with E-state index < -0.39 is 0 Å². The van der Waals surface area contributed by atoms with Gasteiger partial charge in [-0.05, 0) is 18.6 Å². The summed E-state index contributed by atoms with van der Waals surface area (Å²) in [4.78, 5) is 14.6. The molecule has 1 atom stereocenters. The second-order valence-electron chi connectivity index (χ2n) is 2.99. The minimum absolute atomic E-state index is 0.342. The molecule has 0 saturated heterocycles. The molecule has 0 spiro atoms. The van der Waals surface area contributed by atoms with Crippen molar-refractivity contribution in [3.05, 3.63) is 29.0 Å². The van der Waals surface area contributed by atoms with Crippen molar-refractivity contribution in [1.29, 1.82) is 0 Å². The first kappa shape index (κ1) is 10.9. The summed E-state index contributed by atoms with van der Waals surface area (Å²) in [5, 5.41) is 3.42. The zero-order chi connectivity index (χ0) is 10.6. The highest BCUT2D eigenvalue weighted by Crippen LogP contribution is 2.04. The van der Waals surface area contributed by atoms with Crippen LogP contribution in [0, 0.1) is 0 Å². The minimum Gasteiger partial charge on any atom is -0.368 e. The second-order valence-corrected chi connectivity index (χ2v) is 3.38. The molecule has 0 bridgehead atoms. The van der Waals surface area contributed by atoms with Crippen LogP contribution in [0.4, 0.5) is 0 Å². The van der Waals surface area contributed by atoms with E-state index in [2.05, 4.69) is 10.3 Å². The predicted octanol–water partition coefficient (Wildman–Crippen LogP) is 0.698. The van der Waals surface area contributed by atoms with E-state index in [4.69, 9.17) is 17.3 Å².